The van der Waals surface area contributed by atoms with E-state index in [0.717, 1.165) is 23.9 Å². The van der Waals surface area contributed by atoms with E-state index in [1.54, 1.807) is 0 Å². The zero-order valence-electron chi connectivity index (χ0n) is 13.6. The van der Waals surface area contributed by atoms with Crippen LogP contribution in [-0.4, -0.2) is 36.1 Å². The monoisotopic (exact) mass is 278 g/mol. The van der Waals surface area contributed by atoms with E-state index in [9.17, 15) is 0 Å². The molecular formula is C18H34N2. The third-order valence-corrected chi connectivity index (χ3v) is 5.95. The van der Waals surface area contributed by atoms with Crippen LogP contribution in [0.1, 0.15) is 71.6 Å². The van der Waals surface area contributed by atoms with Gasteiger partial charge in [0.1, 0.15) is 0 Å². The molecule has 3 aliphatic rings. The van der Waals surface area contributed by atoms with Crippen LogP contribution in [0.4, 0.5) is 0 Å². The van der Waals surface area contributed by atoms with Gasteiger partial charge in [-0.3, -0.25) is 4.90 Å². The van der Waals surface area contributed by atoms with Gasteiger partial charge in [0, 0.05) is 24.7 Å². The normalized spacial score (nSPS) is 35.7. The summed E-state index contributed by atoms with van der Waals surface area (Å²) in [6, 6.07) is 2.34. The molecule has 116 valence electrons. The van der Waals surface area contributed by atoms with Crippen molar-refractivity contribution in [3.8, 4) is 0 Å². The van der Waals surface area contributed by atoms with E-state index in [-0.39, 0.29) is 0 Å². The van der Waals surface area contributed by atoms with Crippen molar-refractivity contribution >= 4 is 0 Å². The average Bonchev–Trinajstić information content (AvgIpc) is 3.30. The van der Waals surface area contributed by atoms with Crippen LogP contribution in [0.3, 0.4) is 0 Å². The van der Waals surface area contributed by atoms with Crippen molar-refractivity contribution in [3.63, 3.8) is 0 Å². The Morgan fingerprint density at radius 2 is 1.80 bits per heavy atom. The second-order valence-corrected chi connectivity index (χ2v) is 7.86. The zero-order chi connectivity index (χ0) is 13.9. The Kier molecular flexibility index (Phi) is 5.04. The molecule has 3 rings (SSSR count). The summed E-state index contributed by atoms with van der Waals surface area (Å²) in [7, 11) is 0. The summed E-state index contributed by atoms with van der Waals surface area (Å²) in [6.45, 7) is 7.35. The van der Waals surface area contributed by atoms with Gasteiger partial charge >= 0.3 is 0 Å². The molecule has 3 atom stereocenters. The highest BCUT2D eigenvalue weighted by molar-refractivity contribution is 4.91. The minimum Gasteiger partial charge on any atom is -0.313 e. The van der Waals surface area contributed by atoms with Gasteiger partial charge in [0.25, 0.3) is 0 Å². The predicted octanol–water partition coefficient (Wildman–Crippen LogP) is 3.81. The fourth-order valence-electron chi connectivity index (χ4n) is 4.61. The van der Waals surface area contributed by atoms with Gasteiger partial charge in [-0.15, -0.1) is 0 Å². The van der Waals surface area contributed by atoms with Gasteiger partial charge in [-0.1, -0.05) is 19.3 Å². The summed E-state index contributed by atoms with van der Waals surface area (Å²) < 4.78 is 0. The Balaban J connectivity index is 1.56. The van der Waals surface area contributed by atoms with Crippen LogP contribution in [0, 0.1) is 11.8 Å². The van der Waals surface area contributed by atoms with E-state index in [1.807, 2.05) is 0 Å². The SMILES string of the molecule is CC(C)N(CC1CCCCN1)C1CCCC(C2CC2)C1. The topological polar surface area (TPSA) is 15.3 Å². The fourth-order valence-corrected chi connectivity index (χ4v) is 4.61. The first-order valence-electron chi connectivity index (χ1n) is 9.23. The minimum absolute atomic E-state index is 0.710. The summed E-state index contributed by atoms with van der Waals surface area (Å²) in [4.78, 5) is 2.84. The molecule has 0 radical (unpaired) electrons. The van der Waals surface area contributed by atoms with E-state index in [2.05, 4.69) is 24.1 Å². The smallest absolute Gasteiger partial charge is 0.0195 e. The van der Waals surface area contributed by atoms with E-state index in [0.29, 0.717) is 6.04 Å². The van der Waals surface area contributed by atoms with Crippen LogP contribution in [0.25, 0.3) is 0 Å². The molecule has 20 heavy (non-hydrogen) atoms. The number of hydrogen-bond donors (Lipinski definition) is 1. The Morgan fingerprint density at radius 1 is 0.950 bits per heavy atom. The van der Waals surface area contributed by atoms with Crippen molar-refractivity contribution in [1.29, 1.82) is 0 Å². The molecule has 1 heterocycles. The average molecular weight is 278 g/mol. The fraction of sp³-hybridized carbons (Fsp3) is 1.00. The number of piperidine rings is 1. The molecule has 3 unspecified atom stereocenters. The molecule has 2 saturated carbocycles. The number of rotatable bonds is 5. The second-order valence-electron chi connectivity index (χ2n) is 7.86. The summed E-state index contributed by atoms with van der Waals surface area (Å²) >= 11 is 0. The molecule has 0 amide bonds. The number of nitrogens with one attached hydrogen (secondary N) is 1. The molecule has 1 aliphatic heterocycles. The lowest BCUT2D eigenvalue weighted by Gasteiger charge is -2.42. The van der Waals surface area contributed by atoms with E-state index >= 15 is 0 Å². The number of hydrogen-bond acceptors (Lipinski definition) is 2. The van der Waals surface area contributed by atoms with E-state index < -0.39 is 0 Å². The van der Waals surface area contributed by atoms with Crippen LogP contribution in [0.5, 0.6) is 0 Å². The maximum atomic E-state index is 3.75. The van der Waals surface area contributed by atoms with Crippen molar-refractivity contribution in [2.75, 3.05) is 13.1 Å². The van der Waals surface area contributed by atoms with Gasteiger partial charge < -0.3 is 5.32 Å². The van der Waals surface area contributed by atoms with E-state index in [4.69, 9.17) is 0 Å². The van der Waals surface area contributed by atoms with Crippen molar-refractivity contribution < 1.29 is 0 Å². The van der Waals surface area contributed by atoms with Crippen LogP contribution < -0.4 is 5.32 Å². The largest absolute Gasteiger partial charge is 0.313 e. The molecule has 1 saturated heterocycles. The van der Waals surface area contributed by atoms with Crippen LogP contribution >= 0.6 is 0 Å². The summed E-state index contributed by atoms with van der Waals surface area (Å²) in [5.41, 5.74) is 0. The molecule has 2 heteroatoms. The highest BCUT2D eigenvalue weighted by atomic mass is 15.2. The minimum atomic E-state index is 0.710. The van der Waals surface area contributed by atoms with Crippen LogP contribution in [-0.2, 0) is 0 Å². The molecule has 2 nitrogen and oxygen atoms in total. The van der Waals surface area contributed by atoms with Crippen molar-refractivity contribution in [2.24, 2.45) is 11.8 Å². The maximum absolute atomic E-state index is 3.75. The molecule has 0 aromatic heterocycles. The van der Waals surface area contributed by atoms with Crippen LogP contribution in [0.2, 0.25) is 0 Å². The van der Waals surface area contributed by atoms with Crippen molar-refractivity contribution in [1.82, 2.24) is 10.2 Å². The Morgan fingerprint density at radius 3 is 2.45 bits per heavy atom. The molecular weight excluding hydrogens is 244 g/mol. The van der Waals surface area contributed by atoms with Gasteiger partial charge in [-0.2, -0.15) is 0 Å². The Bertz CT molecular complexity index is 292. The summed E-state index contributed by atoms with van der Waals surface area (Å²) in [6.07, 6.45) is 13.2. The maximum Gasteiger partial charge on any atom is 0.0195 e. The third kappa shape index (κ3) is 3.76. The van der Waals surface area contributed by atoms with Gasteiger partial charge in [0.05, 0.1) is 0 Å². The van der Waals surface area contributed by atoms with Gasteiger partial charge in [0.2, 0.25) is 0 Å². The first-order valence-corrected chi connectivity index (χ1v) is 9.23. The lowest BCUT2D eigenvalue weighted by Crippen LogP contribution is -2.51. The van der Waals surface area contributed by atoms with Crippen LogP contribution in [0.15, 0.2) is 0 Å². The Hall–Kier alpha value is -0.0800. The molecule has 0 bridgehead atoms. The first-order chi connectivity index (χ1) is 9.74. The summed E-state index contributed by atoms with van der Waals surface area (Å²) in [5.74, 6) is 2.17. The molecule has 0 aromatic carbocycles. The quantitative estimate of drug-likeness (QED) is 0.822. The van der Waals surface area contributed by atoms with Gasteiger partial charge in [-0.25, -0.2) is 0 Å². The lowest BCUT2D eigenvalue weighted by atomic mass is 9.81. The predicted molar refractivity (Wildman–Crippen MR) is 86.0 cm³/mol. The van der Waals surface area contributed by atoms with E-state index in [1.165, 1.54) is 70.9 Å². The highest BCUT2D eigenvalue weighted by Gasteiger charge is 2.37. The molecule has 2 aliphatic carbocycles. The number of nitrogens with zero attached hydrogens (tertiary/aromatic N) is 1. The van der Waals surface area contributed by atoms with Crippen molar-refractivity contribution in [3.05, 3.63) is 0 Å². The summed E-state index contributed by atoms with van der Waals surface area (Å²) in [5, 5.41) is 3.75. The first kappa shape index (κ1) is 14.8. The van der Waals surface area contributed by atoms with Crippen molar-refractivity contribution in [2.45, 2.75) is 89.8 Å². The van der Waals surface area contributed by atoms with Gasteiger partial charge in [-0.05, 0) is 70.8 Å². The second kappa shape index (κ2) is 6.79. The molecule has 0 spiro atoms. The third-order valence-electron chi connectivity index (χ3n) is 5.95. The lowest BCUT2D eigenvalue weighted by molar-refractivity contribution is 0.0797. The molecule has 3 fully saturated rings. The molecule has 1 N–H and O–H groups in total. The van der Waals surface area contributed by atoms with Gasteiger partial charge in [0.15, 0.2) is 0 Å². The Labute approximate surface area is 125 Å². The standard InChI is InChI=1S/C18H34N2/c1-14(2)20(13-17-7-3-4-11-19-17)18-8-5-6-16(12-18)15-9-10-15/h14-19H,3-13H2,1-2H3. The molecule has 0 aromatic rings. The zero-order valence-corrected chi connectivity index (χ0v) is 13.6. The highest BCUT2D eigenvalue weighted by Crippen LogP contribution is 2.45.